The molecule has 0 aromatic rings. The fraction of sp³-hybridized carbons (Fsp3) is 1.00. The number of hydrogen-bond donors (Lipinski definition) is 3. The lowest BCUT2D eigenvalue weighted by Crippen LogP contribution is -2.64. The Bertz CT molecular complexity index is 110. The summed E-state index contributed by atoms with van der Waals surface area (Å²) in [4.78, 5) is 0. The summed E-state index contributed by atoms with van der Waals surface area (Å²) in [7, 11) is 0. The summed E-state index contributed by atoms with van der Waals surface area (Å²) in [6, 6.07) is 0. The zero-order chi connectivity index (χ0) is 6.86. The average Bonchev–Trinajstić information content (AvgIpc) is 2.39. The van der Waals surface area contributed by atoms with Gasteiger partial charge in [0.15, 0.2) is 0 Å². The highest BCUT2D eigenvalue weighted by atomic mass is 15.3. The van der Waals surface area contributed by atoms with Crippen molar-refractivity contribution in [2.24, 2.45) is 0 Å². The normalized spacial score (nSPS) is 40.8. The van der Waals surface area contributed by atoms with Crippen LogP contribution >= 0.6 is 0 Å². The van der Waals surface area contributed by atoms with E-state index < -0.39 is 0 Å². The molecule has 2 heterocycles. The molecule has 1 unspecified atom stereocenters. The van der Waals surface area contributed by atoms with Gasteiger partial charge in [0.1, 0.15) is 0 Å². The Balaban J connectivity index is 1.98. The lowest BCUT2D eigenvalue weighted by molar-refractivity contribution is 0.248. The molecule has 3 heteroatoms. The molecular formula is C7H15N3. The Morgan fingerprint density at radius 3 is 2.50 bits per heavy atom. The third kappa shape index (κ3) is 1.05. The van der Waals surface area contributed by atoms with Crippen LogP contribution in [0.4, 0.5) is 0 Å². The van der Waals surface area contributed by atoms with Crippen LogP contribution in [0.15, 0.2) is 0 Å². The van der Waals surface area contributed by atoms with Crippen LogP contribution in [0, 0.1) is 0 Å². The number of rotatable bonds is 0. The Morgan fingerprint density at radius 1 is 1.00 bits per heavy atom. The van der Waals surface area contributed by atoms with E-state index in [0.717, 1.165) is 19.6 Å². The van der Waals surface area contributed by atoms with E-state index in [4.69, 9.17) is 0 Å². The summed E-state index contributed by atoms with van der Waals surface area (Å²) < 4.78 is 0. The molecule has 0 aromatic carbocycles. The van der Waals surface area contributed by atoms with Crippen LogP contribution in [-0.2, 0) is 0 Å². The van der Waals surface area contributed by atoms with Crippen molar-refractivity contribution in [3.8, 4) is 0 Å². The predicted molar refractivity (Wildman–Crippen MR) is 40.8 cm³/mol. The molecule has 2 saturated heterocycles. The van der Waals surface area contributed by atoms with Crippen LogP contribution in [0.3, 0.4) is 0 Å². The van der Waals surface area contributed by atoms with Gasteiger partial charge in [-0.05, 0) is 19.4 Å². The number of piperazine rings is 1. The predicted octanol–water partition coefficient (Wildman–Crippen LogP) is -0.741. The quantitative estimate of drug-likeness (QED) is 0.416. The highest BCUT2D eigenvalue weighted by Gasteiger charge is 2.33. The highest BCUT2D eigenvalue weighted by Crippen LogP contribution is 2.15. The molecule has 2 rings (SSSR count). The number of hydrogen-bond acceptors (Lipinski definition) is 3. The van der Waals surface area contributed by atoms with E-state index in [-0.39, 0.29) is 5.66 Å². The standard InChI is InChI=1S/C7H15N3/c1-2-7(9-3-1)6-8-4-5-10-7/h8-10H,1-6H2. The molecular weight excluding hydrogens is 126 g/mol. The minimum atomic E-state index is 0.262. The van der Waals surface area contributed by atoms with Crippen molar-refractivity contribution < 1.29 is 0 Å². The van der Waals surface area contributed by atoms with Gasteiger partial charge in [0.2, 0.25) is 0 Å². The third-order valence-electron chi connectivity index (χ3n) is 2.44. The second kappa shape index (κ2) is 2.49. The summed E-state index contributed by atoms with van der Waals surface area (Å²) in [5.74, 6) is 0. The van der Waals surface area contributed by atoms with E-state index in [0.29, 0.717) is 0 Å². The van der Waals surface area contributed by atoms with Crippen LogP contribution in [0.25, 0.3) is 0 Å². The second-order valence-corrected chi connectivity index (χ2v) is 3.22. The van der Waals surface area contributed by atoms with Crippen molar-refractivity contribution >= 4 is 0 Å². The van der Waals surface area contributed by atoms with Gasteiger partial charge in [0.25, 0.3) is 0 Å². The lowest BCUT2D eigenvalue weighted by atomic mass is 10.1. The topological polar surface area (TPSA) is 36.1 Å². The summed E-state index contributed by atoms with van der Waals surface area (Å²) in [6.07, 6.45) is 2.59. The maximum atomic E-state index is 3.52. The van der Waals surface area contributed by atoms with Crippen LogP contribution in [0.5, 0.6) is 0 Å². The van der Waals surface area contributed by atoms with Crippen molar-refractivity contribution in [3.05, 3.63) is 0 Å². The fourth-order valence-electron chi connectivity index (χ4n) is 1.86. The Morgan fingerprint density at radius 2 is 1.90 bits per heavy atom. The minimum absolute atomic E-state index is 0.262. The molecule has 2 aliphatic rings. The smallest absolute Gasteiger partial charge is 0.0816 e. The van der Waals surface area contributed by atoms with Gasteiger partial charge >= 0.3 is 0 Å². The molecule has 3 nitrogen and oxygen atoms in total. The molecule has 0 aromatic heterocycles. The van der Waals surface area contributed by atoms with E-state index in [1.54, 1.807) is 0 Å². The molecule has 0 radical (unpaired) electrons. The molecule has 0 amide bonds. The van der Waals surface area contributed by atoms with Crippen molar-refractivity contribution in [2.75, 3.05) is 26.2 Å². The maximum Gasteiger partial charge on any atom is 0.0816 e. The van der Waals surface area contributed by atoms with E-state index >= 15 is 0 Å². The Hall–Kier alpha value is -0.120. The zero-order valence-corrected chi connectivity index (χ0v) is 6.24. The molecule has 2 aliphatic heterocycles. The molecule has 0 aliphatic carbocycles. The summed E-state index contributed by atoms with van der Waals surface area (Å²) >= 11 is 0. The van der Waals surface area contributed by atoms with Gasteiger partial charge in [-0.15, -0.1) is 0 Å². The van der Waals surface area contributed by atoms with Crippen LogP contribution in [-0.4, -0.2) is 31.8 Å². The fourth-order valence-corrected chi connectivity index (χ4v) is 1.86. The largest absolute Gasteiger partial charge is 0.312 e. The van der Waals surface area contributed by atoms with E-state index in [1.165, 1.54) is 19.4 Å². The van der Waals surface area contributed by atoms with Gasteiger partial charge < -0.3 is 5.32 Å². The van der Waals surface area contributed by atoms with E-state index in [9.17, 15) is 0 Å². The first-order valence-electron chi connectivity index (χ1n) is 4.12. The zero-order valence-electron chi connectivity index (χ0n) is 6.24. The first-order chi connectivity index (χ1) is 4.91. The molecule has 0 bridgehead atoms. The first kappa shape index (κ1) is 6.58. The van der Waals surface area contributed by atoms with Gasteiger partial charge in [0, 0.05) is 19.6 Å². The van der Waals surface area contributed by atoms with Crippen LogP contribution in [0.2, 0.25) is 0 Å². The van der Waals surface area contributed by atoms with Crippen molar-refractivity contribution in [2.45, 2.75) is 18.5 Å². The van der Waals surface area contributed by atoms with Gasteiger partial charge in [-0.1, -0.05) is 0 Å². The molecule has 10 heavy (non-hydrogen) atoms. The van der Waals surface area contributed by atoms with Gasteiger partial charge in [-0.25, -0.2) is 0 Å². The molecule has 1 atom stereocenters. The Kier molecular flexibility index (Phi) is 1.64. The highest BCUT2D eigenvalue weighted by molar-refractivity contribution is 4.94. The lowest BCUT2D eigenvalue weighted by Gasteiger charge is -2.35. The Labute approximate surface area is 61.6 Å². The van der Waals surface area contributed by atoms with E-state index in [2.05, 4.69) is 16.0 Å². The average molecular weight is 141 g/mol. The summed E-state index contributed by atoms with van der Waals surface area (Å²) in [6.45, 7) is 4.48. The SMILES string of the molecule is C1CNC2(C1)CNCCN2. The van der Waals surface area contributed by atoms with Crippen molar-refractivity contribution in [1.29, 1.82) is 0 Å². The summed E-state index contributed by atoms with van der Waals surface area (Å²) in [5.41, 5.74) is 0.262. The minimum Gasteiger partial charge on any atom is -0.312 e. The van der Waals surface area contributed by atoms with Crippen molar-refractivity contribution in [3.63, 3.8) is 0 Å². The molecule has 3 N–H and O–H groups in total. The van der Waals surface area contributed by atoms with Crippen LogP contribution in [0.1, 0.15) is 12.8 Å². The maximum absolute atomic E-state index is 3.52. The van der Waals surface area contributed by atoms with Crippen molar-refractivity contribution in [1.82, 2.24) is 16.0 Å². The van der Waals surface area contributed by atoms with Gasteiger partial charge in [-0.2, -0.15) is 0 Å². The van der Waals surface area contributed by atoms with Gasteiger partial charge in [-0.3, -0.25) is 10.6 Å². The van der Waals surface area contributed by atoms with E-state index in [1.807, 2.05) is 0 Å². The van der Waals surface area contributed by atoms with Gasteiger partial charge in [0.05, 0.1) is 5.66 Å². The second-order valence-electron chi connectivity index (χ2n) is 3.22. The number of nitrogens with one attached hydrogen (secondary N) is 3. The third-order valence-corrected chi connectivity index (χ3v) is 2.44. The molecule has 58 valence electrons. The summed E-state index contributed by atoms with van der Waals surface area (Å²) in [5, 5.41) is 10.4. The monoisotopic (exact) mass is 141 g/mol. The van der Waals surface area contributed by atoms with Crippen LogP contribution < -0.4 is 16.0 Å². The molecule has 0 saturated carbocycles. The molecule has 1 spiro atoms. The molecule has 2 fully saturated rings. The first-order valence-corrected chi connectivity index (χ1v) is 4.12.